The molecular formula is C24H29N9OS. The second kappa shape index (κ2) is 9.49. The summed E-state index contributed by atoms with van der Waals surface area (Å²) >= 11 is 1.59. The van der Waals surface area contributed by atoms with E-state index >= 15 is 0 Å². The number of nitrogens with one attached hydrogen (secondary N) is 3. The van der Waals surface area contributed by atoms with Crippen LogP contribution < -0.4 is 20.4 Å². The molecule has 1 atom stereocenters. The van der Waals surface area contributed by atoms with Crippen LogP contribution in [0.25, 0.3) is 11.0 Å². The minimum atomic E-state index is -0.276. The van der Waals surface area contributed by atoms with Gasteiger partial charge in [0.1, 0.15) is 18.0 Å². The van der Waals surface area contributed by atoms with Crippen molar-refractivity contribution < 1.29 is 6.22 Å². The third-order valence-electron chi connectivity index (χ3n) is 6.66. The fourth-order valence-electron chi connectivity index (χ4n) is 4.99. The number of fused-ring (bicyclic) bond motifs is 1. The number of carbonyl (C=O) groups excluding carboxylic acids is 1. The number of carbonyl (C=O) groups is 1. The molecule has 1 aromatic carbocycles. The smallest absolute Gasteiger partial charge is 0.324 e. The van der Waals surface area contributed by atoms with Gasteiger partial charge in [-0.25, -0.2) is 19.7 Å². The molecule has 0 spiro atoms. The average Bonchev–Trinajstić information content (AvgIpc) is 3.66. The van der Waals surface area contributed by atoms with E-state index < -0.39 is 0 Å². The average molecular weight is 492 g/mol. The highest BCUT2D eigenvalue weighted by Crippen LogP contribution is 2.34. The standard InChI is InChI=1S/C24H27N9OS.H2/c34-24(28-18-7-1-2-8-19(18)32-9-3-4-10-32)30-20-14-35-23(29-20)16-6-5-11-33(13-16)22-17-12-27-31-21(17)25-15-26-22;/h1-2,7-8,12,14-16H,3-6,9-11,13H2,(H2,28,30,34)(H,25,26,27,31);1H. The summed E-state index contributed by atoms with van der Waals surface area (Å²) in [5.41, 5.74) is 2.63. The number of benzene rings is 1. The minimum absolute atomic E-state index is 0. The second-order valence-corrected chi connectivity index (χ2v) is 9.87. The van der Waals surface area contributed by atoms with Gasteiger partial charge in [0, 0.05) is 38.9 Å². The normalized spacial score (nSPS) is 18.2. The SMILES string of the molecule is O=C(Nc1csc(C2CCCN(c3ncnc4[nH]ncc34)C2)n1)Nc1ccccc1N1CCCC1.[HH]. The molecule has 1 unspecified atom stereocenters. The zero-order valence-electron chi connectivity index (χ0n) is 19.3. The van der Waals surface area contributed by atoms with Crippen molar-refractivity contribution in [3.05, 3.63) is 47.2 Å². The number of para-hydroxylation sites is 2. The van der Waals surface area contributed by atoms with Crippen LogP contribution in [-0.4, -0.2) is 57.4 Å². The van der Waals surface area contributed by atoms with Crippen LogP contribution in [-0.2, 0) is 0 Å². The van der Waals surface area contributed by atoms with Gasteiger partial charge in [-0.3, -0.25) is 10.4 Å². The molecule has 2 fully saturated rings. The first-order chi connectivity index (χ1) is 17.2. The molecule has 2 saturated heterocycles. The zero-order valence-corrected chi connectivity index (χ0v) is 20.1. The molecule has 3 aromatic heterocycles. The number of urea groups is 1. The number of anilines is 4. The molecule has 10 nitrogen and oxygen atoms in total. The number of hydrogen-bond acceptors (Lipinski definition) is 8. The Kier molecular flexibility index (Phi) is 5.91. The summed E-state index contributed by atoms with van der Waals surface area (Å²) in [5.74, 6) is 1.76. The van der Waals surface area contributed by atoms with Gasteiger partial charge in [-0.1, -0.05) is 12.1 Å². The molecule has 0 radical (unpaired) electrons. The summed E-state index contributed by atoms with van der Waals surface area (Å²) in [6.07, 6.45) is 7.82. The molecule has 0 aliphatic carbocycles. The first-order valence-electron chi connectivity index (χ1n) is 12.0. The Morgan fingerprint density at radius 1 is 1.09 bits per heavy atom. The third-order valence-corrected chi connectivity index (χ3v) is 7.67. The molecule has 6 rings (SSSR count). The van der Waals surface area contributed by atoms with Gasteiger partial charge in [0.25, 0.3) is 0 Å². The number of thiazole rings is 1. The maximum atomic E-state index is 12.8. The summed E-state index contributed by atoms with van der Waals surface area (Å²) in [7, 11) is 0. The van der Waals surface area contributed by atoms with Crippen LogP contribution in [0.1, 0.15) is 38.0 Å². The Bertz CT molecular complexity index is 1340. The number of aromatic amines is 1. The Morgan fingerprint density at radius 2 is 1.94 bits per heavy atom. The van der Waals surface area contributed by atoms with E-state index in [2.05, 4.69) is 46.7 Å². The zero-order chi connectivity index (χ0) is 23.6. The highest BCUT2D eigenvalue weighted by molar-refractivity contribution is 7.10. The van der Waals surface area contributed by atoms with Gasteiger partial charge in [0.15, 0.2) is 5.65 Å². The van der Waals surface area contributed by atoms with Crippen molar-refractivity contribution in [1.82, 2.24) is 25.1 Å². The van der Waals surface area contributed by atoms with Crippen LogP contribution in [0.2, 0.25) is 0 Å². The number of rotatable bonds is 5. The lowest BCUT2D eigenvalue weighted by atomic mass is 9.98. The molecule has 0 saturated carbocycles. The molecule has 35 heavy (non-hydrogen) atoms. The maximum Gasteiger partial charge on any atom is 0.324 e. The van der Waals surface area contributed by atoms with Gasteiger partial charge in [-0.15, -0.1) is 11.3 Å². The molecule has 2 aliphatic heterocycles. The van der Waals surface area contributed by atoms with E-state index in [0.717, 1.165) is 72.3 Å². The maximum absolute atomic E-state index is 12.8. The number of nitrogens with zero attached hydrogens (tertiary/aromatic N) is 6. The van der Waals surface area contributed by atoms with Crippen LogP contribution in [0.5, 0.6) is 0 Å². The molecular weight excluding hydrogens is 462 g/mol. The lowest BCUT2D eigenvalue weighted by molar-refractivity contribution is 0.262. The molecule has 182 valence electrons. The quantitative estimate of drug-likeness (QED) is 0.371. The summed E-state index contributed by atoms with van der Waals surface area (Å²) in [6.45, 7) is 3.80. The highest BCUT2D eigenvalue weighted by atomic mass is 32.1. The van der Waals surface area contributed by atoms with Crippen molar-refractivity contribution in [3.8, 4) is 0 Å². The van der Waals surface area contributed by atoms with Crippen molar-refractivity contribution in [2.75, 3.05) is 46.6 Å². The van der Waals surface area contributed by atoms with Gasteiger partial charge in [-0.05, 0) is 37.8 Å². The molecule has 4 aromatic rings. The number of hydrogen-bond donors (Lipinski definition) is 3. The number of aromatic nitrogens is 5. The highest BCUT2D eigenvalue weighted by Gasteiger charge is 2.26. The van der Waals surface area contributed by atoms with Crippen LogP contribution in [0, 0.1) is 0 Å². The van der Waals surface area contributed by atoms with E-state index in [1.807, 2.05) is 23.6 Å². The summed E-state index contributed by atoms with van der Waals surface area (Å²) < 4.78 is 0. The Balaban J connectivity index is 0.00000267. The summed E-state index contributed by atoms with van der Waals surface area (Å²) in [5, 5.41) is 16.8. The fourth-order valence-corrected chi connectivity index (χ4v) is 5.87. The van der Waals surface area contributed by atoms with Crippen molar-refractivity contribution in [2.24, 2.45) is 0 Å². The fraction of sp³-hybridized carbons (Fsp3) is 0.375. The van der Waals surface area contributed by atoms with Gasteiger partial charge < -0.3 is 15.1 Å². The molecule has 2 amide bonds. The Labute approximate surface area is 208 Å². The largest absolute Gasteiger partial charge is 0.370 e. The monoisotopic (exact) mass is 491 g/mol. The second-order valence-electron chi connectivity index (χ2n) is 8.98. The van der Waals surface area contributed by atoms with E-state index in [1.54, 1.807) is 23.9 Å². The Hall–Kier alpha value is -3.73. The third kappa shape index (κ3) is 4.51. The van der Waals surface area contributed by atoms with Crippen molar-refractivity contribution >= 4 is 51.4 Å². The van der Waals surface area contributed by atoms with E-state index in [9.17, 15) is 4.79 Å². The molecule has 0 bridgehead atoms. The van der Waals surface area contributed by atoms with Crippen LogP contribution >= 0.6 is 11.3 Å². The van der Waals surface area contributed by atoms with Crippen molar-refractivity contribution in [1.29, 1.82) is 0 Å². The summed E-state index contributed by atoms with van der Waals surface area (Å²) in [4.78, 5) is 30.9. The Morgan fingerprint density at radius 3 is 2.86 bits per heavy atom. The lowest BCUT2D eigenvalue weighted by Gasteiger charge is -2.32. The minimum Gasteiger partial charge on any atom is -0.370 e. The predicted molar refractivity (Wildman–Crippen MR) is 141 cm³/mol. The molecule has 11 heteroatoms. The predicted octanol–water partition coefficient (Wildman–Crippen LogP) is 4.68. The first kappa shape index (κ1) is 21.8. The number of piperidine rings is 1. The van der Waals surface area contributed by atoms with Crippen molar-refractivity contribution in [3.63, 3.8) is 0 Å². The molecule has 2 aliphatic rings. The van der Waals surface area contributed by atoms with E-state index in [-0.39, 0.29) is 13.4 Å². The van der Waals surface area contributed by atoms with Gasteiger partial charge in [0.2, 0.25) is 0 Å². The van der Waals surface area contributed by atoms with Gasteiger partial charge >= 0.3 is 6.03 Å². The van der Waals surface area contributed by atoms with Gasteiger partial charge in [-0.2, -0.15) is 5.10 Å². The first-order valence-corrected chi connectivity index (χ1v) is 12.9. The van der Waals surface area contributed by atoms with Gasteiger partial charge in [0.05, 0.1) is 28.0 Å². The van der Waals surface area contributed by atoms with E-state index in [4.69, 9.17) is 4.98 Å². The van der Waals surface area contributed by atoms with E-state index in [1.165, 1.54) is 12.8 Å². The van der Waals surface area contributed by atoms with Crippen molar-refractivity contribution in [2.45, 2.75) is 31.6 Å². The summed E-state index contributed by atoms with van der Waals surface area (Å²) in [6, 6.07) is 7.68. The molecule has 3 N–H and O–H groups in total. The lowest BCUT2D eigenvalue weighted by Crippen LogP contribution is -2.35. The number of H-pyrrole nitrogens is 1. The number of amides is 2. The van der Waals surface area contributed by atoms with Crippen LogP contribution in [0.15, 0.2) is 42.2 Å². The van der Waals surface area contributed by atoms with E-state index in [0.29, 0.717) is 5.82 Å². The topological polar surface area (TPSA) is 115 Å². The van der Waals surface area contributed by atoms with Crippen LogP contribution in [0.3, 0.4) is 0 Å². The molecule has 5 heterocycles. The van der Waals surface area contributed by atoms with Crippen LogP contribution in [0.4, 0.5) is 27.8 Å².